The molecule has 0 aromatic carbocycles. The van der Waals surface area contributed by atoms with E-state index in [1.807, 2.05) is 5.38 Å². The minimum Gasteiger partial charge on any atom is -0.481 e. The SMILES string of the molecule is CC(C)c1nc(Cn2cc(CC(=O)O)nn2)cs1. The molecule has 2 rings (SSSR count). The van der Waals surface area contributed by atoms with Crippen LogP contribution in [-0.2, 0) is 17.8 Å². The maximum atomic E-state index is 10.5. The van der Waals surface area contributed by atoms with Gasteiger partial charge in [0.2, 0.25) is 0 Å². The van der Waals surface area contributed by atoms with Crippen molar-refractivity contribution < 1.29 is 9.90 Å². The molecule has 0 aliphatic carbocycles. The quantitative estimate of drug-likeness (QED) is 0.887. The summed E-state index contributed by atoms with van der Waals surface area (Å²) < 4.78 is 1.61. The maximum absolute atomic E-state index is 10.5. The number of thiazole rings is 1. The van der Waals surface area contributed by atoms with Crippen LogP contribution in [0.25, 0.3) is 0 Å². The highest BCUT2D eigenvalue weighted by atomic mass is 32.1. The van der Waals surface area contributed by atoms with Gasteiger partial charge in [-0.05, 0) is 0 Å². The van der Waals surface area contributed by atoms with E-state index in [0.717, 1.165) is 10.7 Å². The lowest BCUT2D eigenvalue weighted by atomic mass is 10.2. The third-order valence-corrected chi connectivity index (χ3v) is 3.50. The second-order valence-electron chi connectivity index (χ2n) is 4.31. The van der Waals surface area contributed by atoms with Crippen molar-refractivity contribution in [2.24, 2.45) is 0 Å². The van der Waals surface area contributed by atoms with Crippen LogP contribution in [0.15, 0.2) is 11.6 Å². The average molecular weight is 266 g/mol. The minimum absolute atomic E-state index is 0.103. The van der Waals surface area contributed by atoms with Crippen LogP contribution in [0.5, 0.6) is 0 Å². The topological polar surface area (TPSA) is 80.9 Å². The summed E-state index contributed by atoms with van der Waals surface area (Å²) in [4.78, 5) is 15.0. The molecule has 6 nitrogen and oxygen atoms in total. The number of aromatic nitrogens is 4. The Morgan fingerprint density at radius 3 is 2.89 bits per heavy atom. The van der Waals surface area contributed by atoms with E-state index >= 15 is 0 Å². The fraction of sp³-hybridized carbons (Fsp3) is 0.455. The van der Waals surface area contributed by atoms with Crippen molar-refractivity contribution in [3.8, 4) is 0 Å². The zero-order valence-electron chi connectivity index (χ0n) is 10.2. The summed E-state index contributed by atoms with van der Waals surface area (Å²) in [5, 5.41) is 19.4. The highest BCUT2D eigenvalue weighted by Gasteiger charge is 2.09. The van der Waals surface area contributed by atoms with Gasteiger partial charge in [-0.15, -0.1) is 16.4 Å². The highest BCUT2D eigenvalue weighted by Crippen LogP contribution is 2.19. The van der Waals surface area contributed by atoms with Crippen LogP contribution in [0.4, 0.5) is 0 Å². The van der Waals surface area contributed by atoms with Crippen LogP contribution in [0.3, 0.4) is 0 Å². The predicted octanol–water partition coefficient (Wildman–Crippen LogP) is 1.53. The van der Waals surface area contributed by atoms with E-state index in [1.165, 1.54) is 0 Å². The van der Waals surface area contributed by atoms with Gasteiger partial charge in [0, 0.05) is 17.5 Å². The zero-order chi connectivity index (χ0) is 13.1. The zero-order valence-corrected chi connectivity index (χ0v) is 11.0. The monoisotopic (exact) mass is 266 g/mol. The Kier molecular flexibility index (Phi) is 3.71. The van der Waals surface area contributed by atoms with Gasteiger partial charge in [0.1, 0.15) is 0 Å². The van der Waals surface area contributed by atoms with E-state index < -0.39 is 5.97 Å². The van der Waals surface area contributed by atoms with Gasteiger partial charge in [-0.25, -0.2) is 9.67 Å². The lowest BCUT2D eigenvalue weighted by molar-refractivity contribution is -0.136. The minimum atomic E-state index is -0.905. The Balaban J connectivity index is 2.04. The second-order valence-corrected chi connectivity index (χ2v) is 5.20. The standard InChI is InChI=1S/C11H14N4O2S/c1-7(2)11-12-9(6-18-11)5-15-4-8(13-14-15)3-10(16)17/h4,6-7H,3,5H2,1-2H3,(H,16,17). The smallest absolute Gasteiger partial charge is 0.309 e. The molecule has 1 N–H and O–H groups in total. The Bertz CT molecular complexity index is 547. The van der Waals surface area contributed by atoms with E-state index in [4.69, 9.17) is 5.11 Å². The number of aliphatic carboxylic acids is 1. The number of hydrogen-bond acceptors (Lipinski definition) is 5. The summed E-state index contributed by atoms with van der Waals surface area (Å²) in [6.45, 7) is 4.72. The third-order valence-electron chi connectivity index (χ3n) is 2.31. The Morgan fingerprint density at radius 2 is 2.28 bits per heavy atom. The summed E-state index contributed by atoms with van der Waals surface area (Å²) in [5.74, 6) is -0.486. The lowest BCUT2D eigenvalue weighted by Gasteiger charge is -1.97. The van der Waals surface area contributed by atoms with Gasteiger partial charge in [0.05, 0.1) is 29.4 Å². The summed E-state index contributed by atoms with van der Waals surface area (Å²) >= 11 is 1.63. The largest absolute Gasteiger partial charge is 0.481 e. The molecule has 0 fully saturated rings. The van der Waals surface area contributed by atoms with Gasteiger partial charge in [-0.1, -0.05) is 19.1 Å². The molecule has 0 spiro atoms. The Hall–Kier alpha value is -1.76. The number of carbonyl (C=O) groups is 1. The maximum Gasteiger partial charge on any atom is 0.309 e. The van der Waals surface area contributed by atoms with E-state index in [9.17, 15) is 4.79 Å². The molecule has 0 atom stereocenters. The molecular weight excluding hydrogens is 252 g/mol. The molecule has 2 aromatic heterocycles. The fourth-order valence-corrected chi connectivity index (χ4v) is 2.30. The van der Waals surface area contributed by atoms with Gasteiger partial charge >= 0.3 is 5.97 Å². The highest BCUT2D eigenvalue weighted by molar-refractivity contribution is 7.09. The van der Waals surface area contributed by atoms with Crippen molar-refractivity contribution in [2.45, 2.75) is 32.7 Å². The molecule has 0 bridgehead atoms. The first-order valence-electron chi connectivity index (χ1n) is 5.59. The third kappa shape index (κ3) is 3.13. The van der Waals surface area contributed by atoms with Crippen LogP contribution in [0.2, 0.25) is 0 Å². The molecule has 7 heteroatoms. The van der Waals surface area contributed by atoms with Gasteiger partial charge in [0.15, 0.2) is 0 Å². The van der Waals surface area contributed by atoms with Crippen LogP contribution < -0.4 is 0 Å². The molecule has 0 radical (unpaired) electrons. The first-order chi connectivity index (χ1) is 8.54. The molecule has 2 heterocycles. The molecular formula is C11H14N4O2S. The normalized spacial score (nSPS) is 11.1. The van der Waals surface area contributed by atoms with Crippen molar-refractivity contribution in [3.63, 3.8) is 0 Å². The summed E-state index contributed by atoms with van der Waals surface area (Å²) in [6, 6.07) is 0. The second kappa shape index (κ2) is 5.26. The van der Waals surface area contributed by atoms with Gasteiger partial charge in [-0.2, -0.15) is 0 Å². The van der Waals surface area contributed by atoms with Crippen molar-refractivity contribution in [1.29, 1.82) is 0 Å². The number of hydrogen-bond donors (Lipinski definition) is 1. The van der Waals surface area contributed by atoms with E-state index in [-0.39, 0.29) is 6.42 Å². The van der Waals surface area contributed by atoms with Crippen LogP contribution in [0, 0.1) is 0 Å². The number of carboxylic acids is 1. The molecule has 18 heavy (non-hydrogen) atoms. The van der Waals surface area contributed by atoms with Crippen molar-refractivity contribution in [3.05, 3.63) is 28.0 Å². The molecule has 96 valence electrons. The Labute approximate surface area is 108 Å². The molecule has 0 aliphatic rings. The van der Waals surface area contributed by atoms with E-state index in [1.54, 1.807) is 22.2 Å². The van der Waals surface area contributed by atoms with Crippen molar-refractivity contribution >= 4 is 17.3 Å². The molecule has 0 unspecified atom stereocenters. The van der Waals surface area contributed by atoms with E-state index in [0.29, 0.717) is 18.2 Å². The Morgan fingerprint density at radius 1 is 1.50 bits per heavy atom. The fourth-order valence-electron chi connectivity index (χ4n) is 1.48. The molecule has 0 saturated heterocycles. The lowest BCUT2D eigenvalue weighted by Crippen LogP contribution is -2.01. The summed E-state index contributed by atoms with van der Waals surface area (Å²) in [5.41, 5.74) is 1.39. The van der Waals surface area contributed by atoms with Crippen LogP contribution >= 0.6 is 11.3 Å². The van der Waals surface area contributed by atoms with Crippen LogP contribution in [-0.4, -0.2) is 31.1 Å². The van der Waals surface area contributed by atoms with Gasteiger partial charge in [0.25, 0.3) is 0 Å². The summed E-state index contributed by atoms with van der Waals surface area (Å²) in [7, 11) is 0. The van der Waals surface area contributed by atoms with Crippen LogP contribution in [0.1, 0.15) is 36.2 Å². The first-order valence-corrected chi connectivity index (χ1v) is 6.47. The number of carboxylic acid groups (broad SMARTS) is 1. The molecule has 0 aliphatic heterocycles. The van der Waals surface area contributed by atoms with Gasteiger partial charge < -0.3 is 5.11 Å². The first kappa shape index (κ1) is 12.7. The molecule has 0 amide bonds. The summed E-state index contributed by atoms with van der Waals surface area (Å²) in [6.07, 6.45) is 1.54. The number of rotatable bonds is 5. The molecule has 2 aromatic rings. The van der Waals surface area contributed by atoms with Gasteiger partial charge in [-0.3, -0.25) is 4.79 Å². The number of nitrogens with zero attached hydrogens (tertiary/aromatic N) is 4. The van der Waals surface area contributed by atoms with E-state index in [2.05, 4.69) is 29.1 Å². The predicted molar refractivity (Wildman–Crippen MR) is 66.7 cm³/mol. The average Bonchev–Trinajstić information content (AvgIpc) is 2.88. The molecule has 0 saturated carbocycles. The van der Waals surface area contributed by atoms with Crippen molar-refractivity contribution in [2.75, 3.05) is 0 Å². The van der Waals surface area contributed by atoms with Crippen molar-refractivity contribution in [1.82, 2.24) is 20.0 Å².